The van der Waals surface area contributed by atoms with Gasteiger partial charge in [-0.1, -0.05) is 41.4 Å². The van der Waals surface area contributed by atoms with E-state index < -0.39 is 22.5 Å². The summed E-state index contributed by atoms with van der Waals surface area (Å²) in [5, 5.41) is 7.26. The molecule has 3 aromatic carbocycles. The Labute approximate surface area is 216 Å². The van der Waals surface area contributed by atoms with Crippen molar-refractivity contribution in [1.29, 1.82) is 0 Å². The molecule has 0 atom stereocenters. The zero-order chi connectivity index (χ0) is 26.5. The summed E-state index contributed by atoms with van der Waals surface area (Å²) in [6.07, 6.45) is 0. The van der Waals surface area contributed by atoms with Crippen LogP contribution in [0.15, 0.2) is 76.7 Å². The Morgan fingerprint density at radius 2 is 1.58 bits per heavy atom. The maximum absolute atomic E-state index is 13.5. The summed E-state index contributed by atoms with van der Waals surface area (Å²) in [6, 6.07) is 18.1. The number of halogens is 1. The molecular weight excluding hydrogens is 500 g/mol. The molecule has 0 spiro atoms. The molecule has 0 fully saturated rings. The first-order valence-electron chi connectivity index (χ1n) is 11.0. The lowest BCUT2D eigenvalue weighted by Crippen LogP contribution is -2.40. The van der Waals surface area contributed by atoms with E-state index >= 15 is 0 Å². The Kier molecular flexibility index (Phi) is 8.49. The quantitative estimate of drug-likeness (QED) is 0.329. The van der Waals surface area contributed by atoms with Crippen molar-refractivity contribution in [3.05, 3.63) is 88.4 Å². The summed E-state index contributed by atoms with van der Waals surface area (Å²) in [5.74, 6) is -0.796. The van der Waals surface area contributed by atoms with E-state index in [1.54, 1.807) is 68.4 Å². The van der Waals surface area contributed by atoms with E-state index in [-0.39, 0.29) is 10.8 Å². The summed E-state index contributed by atoms with van der Waals surface area (Å²) in [4.78, 5) is 24.1. The largest absolute Gasteiger partial charge is 0.326 e. The zero-order valence-corrected chi connectivity index (χ0v) is 21.9. The van der Waals surface area contributed by atoms with Crippen molar-refractivity contribution < 1.29 is 18.0 Å². The number of nitrogens with one attached hydrogen (secondary N) is 2. The Morgan fingerprint density at radius 1 is 0.944 bits per heavy atom. The Bertz CT molecular complexity index is 1400. The van der Waals surface area contributed by atoms with E-state index in [1.165, 1.54) is 19.1 Å². The molecule has 10 heteroatoms. The van der Waals surface area contributed by atoms with E-state index in [0.29, 0.717) is 27.7 Å². The molecule has 8 nitrogen and oxygen atoms in total. The standard InChI is InChI=1S/C26H27ClN4O4S/c1-17-5-12-24(13-6-17)36(34,35)31(25-14-9-22(27)15-18(25)2)16-26(33)30-29-19(3)21-7-10-23(11-8-21)28-20(4)32/h5-15H,16H2,1-4H3,(H,28,32)(H,30,33)/b29-19-. The first-order valence-corrected chi connectivity index (χ1v) is 12.9. The van der Waals surface area contributed by atoms with E-state index in [0.717, 1.165) is 15.4 Å². The SMILES string of the molecule is CC(=O)Nc1ccc(/C(C)=N\NC(=O)CN(c2ccc(Cl)cc2C)S(=O)(=O)c2ccc(C)cc2)cc1. The van der Waals surface area contributed by atoms with Crippen LogP contribution in [0.4, 0.5) is 11.4 Å². The van der Waals surface area contributed by atoms with Gasteiger partial charge in [-0.05, 0) is 74.4 Å². The van der Waals surface area contributed by atoms with Crippen LogP contribution >= 0.6 is 11.6 Å². The van der Waals surface area contributed by atoms with Crippen molar-refractivity contribution in [3.8, 4) is 0 Å². The molecule has 0 aliphatic heterocycles. The maximum Gasteiger partial charge on any atom is 0.264 e. The summed E-state index contributed by atoms with van der Waals surface area (Å²) in [5.41, 5.74) is 6.16. The number of amides is 2. The molecule has 2 N–H and O–H groups in total. The lowest BCUT2D eigenvalue weighted by molar-refractivity contribution is -0.119. The fourth-order valence-corrected chi connectivity index (χ4v) is 5.12. The fraction of sp³-hybridized carbons (Fsp3) is 0.192. The van der Waals surface area contributed by atoms with Crippen molar-refractivity contribution >= 4 is 50.5 Å². The number of carbonyl (C=O) groups excluding carboxylic acids is 2. The van der Waals surface area contributed by atoms with Gasteiger partial charge in [0.1, 0.15) is 6.54 Å². The molecule has 0 aromatic heterocycles. The summed E-state index contributed by atoms with van der Waals surface area (Å²) in [7, 11) is -4.06. The molecule has 0 saturated carbocycles. The average Bonchev–Trinajstić information content (AvgIpc) is 2.82. The van der Waals surface area contributed by atoms with Crippen LogP contribution in [0, 0.1) is 13.8 Å². The number of hydrogen-bond acceptors (Lipinski definition) is 5. The third kappa shape index (κ3) is 6.71. The van der Waals surface area contributed by atoms with Crippen LogP contribution in [0.25, 0.3) is 0 Å². The number of hydrogen-bond donors (Lipinski definition) is 2. The van der Waals surface area contributed by atoms with Crippen LogP contribution in [0.1, 0.15) is 30.5 Å². The van der Waals surface area contributed by atoms with E-state index in [1.807, 2.05) is 6.92 Å². The van der Waals surface area contributed by atoms with Crippen molar-refractivity contribution in [2.24, 2.45) is 5.10 Å². The van der Waals surface area contributed by atoms with Crippen LogP contribution in [0.2, 0.25) is 5.02 Å². The lowest BCUT2D eigenvalue weighted by Gasteiger charge is -2.25. The van der Waals surface area contributed by atoms with Gasteiger partial charge in [0, 0.05) is 17.6 Å². The third-order valence-corrected chi connectivity index (χ3v) is 7.30. The van der Waals surface area contributed by atoms with Crippen LogP contribution < -0.4 is 15.0 Å². The highest BCUT2D eigenvalue weighted by molar-refractivity contribution is 7.92. The van der Waals surface area contributed by atoms with Gasteiger partial charge in [0.25, 0.3) is 15.9 Å². The highest BCUT2D eigenvalue weighted by Gasteiger charge is 2.28. The molecule has 0 aliphatic rings. The number of anilines is 2. The number of aryl methyl sites for hydroxylation is 2. The first-order chi connectivity index (χ1) is 17.0. The number of carbonyl (C=O) groups is 2. The van der Waals surface area contributed by atoms with E-state index in [9.17, 15) is 18.0 Å². The molecule has 3 rings (SSSR count). The van der Waals surface area contributed by atoms with Gasteiger partial charge < -0.3 is 5.32 Å². The summed E-state index contributed by atoms with van der Waals surface area (Å²) in [6.45, 7) is 6.22. The zero-order valence-electron chi connectivity index (χ0n) is 20.4. The first kappa shape index (κ1) is 26.9. The molecule has 36 heavy (non-hydrogen) atoms. The minimum absolute atomic E-state index is 0.0641. The lowest BCUT2D eigenvalue weighted by atomic mass is 10.1. The second-order valence-electron chi connectivity index (χ2n) is 8.25. The van der Waals surface area contributed by atoms with Crippen molar-refractivity contribution in [1.82, 2.24) is 5.43 Å². The van der Waals surface area contributed by atoms with Gasteiger partial charge in [-0.25, -0.2) is 13.8 Å². The van der Waals surface area contributed by atoms with E-state index in [2.05, 4.69) is 15.8 Å². The Balaban J connectivity index is 1.85. The fourth-order valence-electron chi connectivity index (χ4n) is 3.41. The molecule has 3 aromatic rings. The Morgan fingerprint density at radius 3 is 2.17 bits per heavy atom. The normalized spacial score (nSPS) is 11.6. The number of nitrogens with zero attached hydrogens (tertiary/aromatic N) is 2. The predicted octanol–water partition coefficient (Wildman–Crippen LogP) is 4.65. The average molecular weight is 527 g/mol. The molecule has 0 bridgehead atoms. The van der Waals surface area contributed by atoms with Crippen molar-refractivity contribution in [3.63, 3.8) is 0 Å². The summed E-state index contributed by atoms with van der Waals surface area (Å²) < 4.78 is 28.1. The predicted molar refractivity (Wildman–Crippen MR) is 143 cm³/mol. The highest BCUT2D eigenvalue weighted by Crippen LogP contribution is 2.29. The molecule has 2 amide bonds. The van der Waals surface area contributed by atoms with Gasteiger partial charge >= 0.3 is 0 Å². The minimum atomic E-state index is -4.06. The minimum Gasteiger partial charge on any atom is -0.326 e. The molecule has 0 saturated heterocycles. The molecule has 0 unspecified atom stereocenters. The van der Waals surface area contributed by atoms with Gasteiger partial charge in [0.2, 0.25) is 5.91 Å². The molecule has 0 radical (unpaired) electrons. The maximum atomic E-state index is 13.5. The topological polar surface area (TPSA) is 108 Å². The highest BCUT2D eigenvalue weighted by atomic mass is 35.5. The molecule has 188 valence electrons. The van der Waals surface area contributed by atoms with Gasteiger partial charge in [0.05, 0.1) is 16.3 Å². The number of rotatable bonds is 8. The second-order valence-corrected chi connectivity index (χ2v) is 10.5. The van der Waals surface area contributed by atoms with Crippen LogP contribution in [-0.2, 0) is 19.6 Å². The number of sulfonamides is 1. The number of hydrazone groups is 1. The number of benzene rings is 3. The van der Waals surface area contributed by atoms with Crippen molar-refractivity contribution in [2.45, 2.75) is 32.6 Å². The van der Waals surface area contributed by atoms with Crippen LogP contribution in [-0.4, -0.2) is 32.5 Å². The summed E-state index contributed by atoms with van der Waals surface area (Å²) >= 11 is 6.07. The van der Waals surface area contributed by atoms with Gasteiger partial charge in [-0.15, -0.1) is 0 Å². The van der Waals surface area contributed by atoms with Gasteiger partial charge in [-0.2, -0.15) is 5.10 Å². The van der Waals surface area contributed by atoms with Crippen LogP contribution in [0.3, 0.4) is 0 Å². The van der Waals surface area contributed by atoms with E-state index in [4.69, 9.17) is 11.6 Å². The Hall–Kier alpha value is -3.69. The molecular formula is C26H27ClN4O4S. The smallest absolute Gasteiger partial charge is 0.264 e. The molecule has 0 heterocycles. The van der Waals surface area contributed by atoms with Crippen molar-refractivity contribution in [2.75, 3.05) is 16.2 Å². The van der Waals surface area contributed by atoms with Gasteiger partial charge in [-0.3, -0.25) is 13.9 Å². The third-order valence-electron chi connectivity index (χ3n) is 5.30. The second kappa shape index (κ2) is 11.4. The molecule has 0 aliphatic carbocycles. The monoisotopic (exact) mass is 526 g/mol. The van der Waals surface area contributed by atoms with Gasteiger partial charge in [0.15, 0.2) is 0 Å². The van der Waals surface area contributed by atoms with Crippen LogP contribution in [0.5, 0.6) is 0 Å².